The number of hydrogen-bond donors (Lipinski definition) is 1. The zero-order valence-electron chi connectivity index (χ0n) is 11.3. The molecule has 0 aromatic carbocycles. The molecule has 0 aliphatic rings. The molecule has 0 saturated heterocycles. The first-order chi connectivity index (χ1) is 9.52. The summed E-state index contributed by atoms with van der Waals surface area (Å²) in [5.74, 6) is 0.204. The van der Waals surface area contributed by atoms with Gasteiger partial charge in [-0.05, 0) is 34.1 Å². The number of aromatic nitrogens is 1. The van der Waals surface area contributed by atoms with Crippen molar-refractivity contribution >= 4 is 44.5 Å². The maximum Gasteiger partial charge on any atom is 0.265 e. The van der Waals surface area contributed by atoms with E-state index in [1.807, 2.05) is 31.1 Å². The van der Waals surface area contributed by atoms with Gasteiger partial charge in [0.1, 0.15) is 5.69 Å². The molecule has 0 saturated carbocycles. The molecule has 0 unspecified atom stereocenters. The molecule has 0 bridgehead atoms. The molecule has 0 spiro atoms. The van der Waals surface area contributed by atoms with Crippen molar-refractivity contribution < 1.29 is 9.53 Å². The van der Waals surface area contributed by atoms with Crippen molar-refractivity contribution in [1.82, 2.24) is 4.98 Å². The van der Waals surface area contributed by atoms with Gasteiger partial charge >= 0.3 is 0 Å². The van der Waals surface area contributed by atoms with E-state index in [1.54, 1.807) is 12.3 Å². The summed E-state index contributed by atoms with van der Waals surface area (Å²) in [4.78, 5) is 18.9. The number of rotatable bonds is 4. The fourth-order valence-electron chi connectivity index (χ4n) is 1.69. The number of nitrogens with zero attached hydrogens (tertiary/aromatic N) is 2. The molecule has 0 atom stereocenters. The van der Waals surface area contributed by atoms with Crippen molar-refractivity contribution in [3.63, 3.8) is 0 Å². The Bertz CT molecular complexity index is 628. The van der Waals surface area contributed by atoms with Crippen LogP contribution in [0.3, 0.4) is 0 Å². The Labute approximate surface area is 129 Å². The van der Waals surface area contributed by atoms with Gasteiger partial charge in [-0.1, -0.05) is 0 Å². The maximum atomic E-state index is 12.2. The summed E-state index contributed by atoms with van der Waals surface area (Å²) < 4.78 is 6.13. The van der Waals surface area contributed by atoms with Crippen LogP contribution in [-0.4, -0.2) is 32.1 Å². The van der Waals surface area contributed by atoms with Crippen molar-refractivity contribution in [2.45, 2.75) is 0 Å². The summed E-state index contributed by atoms with van der Waals surface area (Å²) in [5, 5.41) is 2.86. The van der Waals surface area contributed by atoms with Crippen molar-refractivity contribution in [1.29, 1.82) is 0 Å². The minimum absolute atomic E-state index is 0.185. The Balaban J connectivity index is 2.34. The highest BCUT2D eigenvalue weighted by molar-refractivity contribution is 9.11. The number of ether oxygens (including phenoxy) is 1. The fourth-order valence-corrected chi connectivity index (χ4v) is 2.97. The fraction of sp³-hybridized carbons (Fsp3) is 0.231. The molecule has 0 aliphatic carbocycles. The number of hydrogen-bond acceptors (Lipinski definition) is 5. The standard InChI is InChI=1S/C13H14BrN3O2S/c1-17(2)8-6-7-15-13(19-3)11(8)16-12(18)9-4-5-10(14)20-9/h4-7H,1-3H3,(H,16,18). The van der Waals surface area contributed by atoms with Crippen LogP contribution in [0, 0.1) is 0 Å². The van der Waals surface area contributed by atoms with Crippen molar-refractivity contribution in [2.75, 3.05) is 31.4 Å². The van der Waals surface area contributed by atoms with Gasteiger partial charge in [-0.3, -0.25) is 4.79 Å². The van der Waals surface area contributed by atoms with E-state index in [0.29, 0.717) is 16.4 Å². The predicted octanol–water partition coefficient (Wildman–Crippen LogP) is 3.23. The molecule has 2 aromatic rings. The molecular formula is C13H14BrN3O2S. The van der Waals surface area contributed by atoms with E-state index in [0.717, 1.165) is 9.47 Å². The minimum atomic E-state index is -0.185. The largest absolute Gasteiger partial charge is 0.479 e. The van der Waals surface area contributed by atoms with Gasteiger partial charge in [0.05, 0.1) is 21.5 Å². The Morgan fingerprint density at radius 1 is 1.40 bits per heavy atom. The van der Waals surface area contributed by atoms with Crippen LogP contribution in [0.1, 0.15) is 9.67 Å². The van der Waals surface area contributed by atoms with Gasteiger partial charge in [0.25, 0.3) is 5.91 Å². The molecule has 0 radical (unpaired) electrons. The molecule has 1 N–H and O–H groups in total. The van der Waals surface area contributed by atoms with Crippen LogP contribution in [0.15, 0.2) is 28.2 Å². The Morgan fingerprint density at radius 2 is 2.15 bits per heavy atom. The highest BCUT2D eigenvalue weighted by atomic mass is 79.9. The van der Waals surface area contributed by atoms with Gasteiger partial charge in [-0.15, -0.1) is 11.3 Å². The molecular weight excluding hydrogens is 342 g/mol. The van der Waals surface area contributed by atoms with E-state index < -0.39 is 0 Å². The summed E-state index contributed by atoms with van der Waals surface area (Å²) in [6, 6.07) is 5.43. The first-order valence-electron chi connectivity index (χ1n) is 5.80. The van der Waals surface area contributed by atoms with E-state index in [9.17, 15) is 4.79 Å². The van der Waals surface area contributed by atoms with Crippen molar-refractivity contribution in [3.8, 4) is 5.88 Å². The van der Waals surface area contributed by atoms with Crippen molar-refractivity contribution in [2.24, 2.45) is 0 Å². The molecule has 106 valence electrons. The highest BCUT2D eigenvalue weighted by Crippen LogP contribution is 2.33. The van der Waals surface area contributed by atoms with Gasteiger partial charge in [0, 0.05) is 20.3 Å². The molecule has 0 aliphatic heterocycles. The Kier molecular flexibility index (Phi) is 4.61. The van der Waals surface area contributed by atoms with E-state index in [4.69, 9.17) is 4.74 Å². The normalized spacial score (nSPS) is 10.2. The summed E-state index contributed by atoms with van der Waals surface area (Å²) in [6.07, 6.45) is 1.64. The maximum absolute atomic E-state index is 12.2. The van der Waals surface area contributed by atoms with Gasteiger partial charge in [0.2, 0.25) is 5.88 Å². The summed E-state index contributed by atoms with van der Waals surface area (Å²) in [7, 11) is 5.32. The molecule has 5 nitrogen and oxygen atoms in total. The Morgan fingerprint density at radius 3 is 2.70 bits per heavy atom. The third-order valence-electron chi connectivity index (χ3n) is 2.60. The zero-order chi connectivity index (χ0) is 14.7. The zero-order valence-corrected chi connectivity index (χ0v) is 13.7. The molecule has 2 rings (SSSR count). The van der Waals surface area contributed by atoms with E-state index >= 15 is 0 Å². The van der Waals surface area contributed by atoms with Crippen LogP contribution in [0.2, 0.25) is 0 Å². The third-order valence-corrected chi connectivity index (χ3v) is 4.23. The second-order valence-electron chi connectivity index (χ2n) is 4.17. The van der Waals surface area contributed by atoms with Gasteiger partial charge < -0.3 is 15.0 Å². The number of thiophene rings is 1. The molecule has 2 aromatic heterocycles. The first kappa shape index (κ1) is 14.8. The van der Waals surface area contributed by atoms with E-state index in [-0.39, 0.29) is 5.91 Å². The number of anilines is 2. The van der Waals surface area contributed by atoms with E-state index in [2.05, 4.69) is 26.2 Å². The smallest absolute Gasteiger partial charge is 0.265 e. The van der Waals surface area contributed by atoms with Gasteiger partial charge in [-0.25, -0.2) is 4.98 Å². The van der Waals surface area contributed by atoms with Crippen LogP contribution in [0.5, 0.6) is 5.88 Å². The number of methoxy groups -OCH3 is 1. The number of halogens is 1. The lowest BCUT2D eigenvalue weighted by atomic mass is 10.3. The topological polar surface area (TPSA) is 54.5 Å². The SMILES string of the molecule is COc1nccc(N(C)C)c1NC(=O)c1ccc(Br)s1. The van der Waals surface area contributed by atoms with Crippen LogP contribution < -0.4 is 15.0 Å². The predicted molar refractivity (Wildman–Crippen MR) is 85.1 cm³/mol. The number of amides is 1. The van der Waals surface area contributed by atoms with Gasteiger partial charge in [0.15, 0.2) is 0 Å². The molecule has 1 amide bonds. The van der Waals surface area contributed by atoms with Crippen molar-refractivity contribution in [3.05, 3.63) is 33.1 Å². The lowest BCUT2D eigenvalue weighted by molar-refractivity contribution is 0.103. The average molecular weight is 356 g/mol. The van der Waals surface area contributed by atoms with Gasteiger partial charge in [-0.2, -0.15) is 0 Å². The number of pyridine rings is 1. The van der Waals surface area contributed by atoms with Crippen LogP contribution in [0.25, 0.3) is 0 Å². The summed E-state index contributed by atoms with van der Waals surface area (Å²) in [6.45, 7) is 0. The Hall–Kier alpha value is -1.60. The number of nitrogens with one attached hydrogen (secondary N) is 1. The van der Waals surface area contributed by atoms with E-state index in [1.165, 1.54) is 18.4 Å². The quantitative estimate of drug-likeness (QED) is 0.914. The van der Waals surface area contributed by atoms with Crippen LogP contribution in [-0.2, 0) is 0 Å². The monoisotopic (exact) mass is 355 g/mol. The lowest BCUT2D eigenvalue weighted by Gasteiger charge is -2.19. The second-order valence-corrected chi connectivity index (χ2v) is 6.63. The first-order valence-corrected chi connectivity index (χ1v) is 7.41. The summed E-state index contributed by atoms with van der Waals surface area (Å²) >= 11 is 4.72. The highest BCUT2D eigenvalue weighted by Gasteiger charge is 2.17. The molecule has 0 fully saturated rings. The number of carbonyl (C=O) groups excluding carboxylic acids is 1. The average Bonchev–Trinajstić information content (AvgIpc) is 2.85. The minimum Gasteiger partial charge on any atom is -0.479 e. The second kappa shape index (κ2) is 6.23. The third kappa shape index (κ3) is 3.10. The van der Waals surface area contributed by atoms with Crippen LogP contribution in [0.4, 0.5) is 11.4 Å². The molecule has 2 heterocycles. The molecule has 20 heavy (non-hydrogen) atoms. The molecule has 7 heteroatoms. The summed E-state index contributed by atoms with van der Waals surface area (Å²) in [5.41, 5.74) is 1.40. The lowest BCUT2D eigenvalue weighted by Crippen LogP contribution is -2.17. The number of carbonyl (C=O) groups is 1. The van der Waals surface area contributed by atoms with Crippen LogP contribution >= 0.6 is 27.3 Å².